The standard InChI is InChI=1S/C33H41N3O4S/c1-4-30(33(38)34-28-18-7-5-8-19-28)35(23-27-17-13-11-15-25(27)2)32(37)24-36(31-22-14-12-16-26(31)3)41(39,40)29-20-9-6-10-21-29/h6,9-17,20-22,28,30H,4-5,7-8,18-19,23-24H2,1-3H3,(H,34,38). The highest BCUT2D eigenvalue weighted by atomic mass is 32.2. The molecule has 0 aromatic heterocycles. The topological polar surface area (TPSA) is 86.8 Å². The van der Waals surface area contributed by atoms with E-state index in [9.17, 15) is 18.0 Å². The number of carbonyl (C=O) groups is 2. The highest BCUT2D eigenvalue weighted by molar-refractivity contribution is 7.92. The molecule has 0 radical (unpaired) electrons. The highest BCUT2D eigenvalue weighted by Crippen LogP contribution is 2.28. The van der Waals surface area contributed by atoms with Gasteiger partial charge in [0, 0.05) is 12.6 Å². The zero-order valence-corrected chi connectivity index (χ0v) is 25.1. The maximum atomic E-state index is 14.3. The fourth-order valence-corrected chi connectivity index (χ4v) is 7.01. The van der Waals surface area contributed by atoms with Crippen LogP contribution in [0.25, 0.3) is 0 Å². The molecule has 1 aliphatic carbocycles. The lowest BCUT2D eigenvalue weighted by atomic mass is 9.95. The van der Waals surface area contributed by atoms with Crippen LogP contribution in [-0.4, -0.2) is 43.8 Å². The fraction of sp³-hybridized carbons (Fsp3) is 0.394. The molecule has 0 heterocycles. The Balaban J connectivity index is 1.71. The summed E-state index contributed by atoms with van der Waals surface area (Å²) in [6.07, 6.45) is 5.61. The zero-order chi connectivity index (χ0) is 29.4. The minimum absolute atomic E-state index is 0.0997. The van der Waals surface area contributed by atoms with Gasteiger partial charge in [0.1, 0.15) is 12.6 Å². The number of hydrogen-bond donors (Lipinski definition) is 1. The van der Waals surface area contributed by atoms with E-state index < -0.39 is 28.5 Å². The molecular formula is C33H41N3O4S. The van der Waals surface area contributed by atoms with Gasteiger partial charge in [-0.2, -0.15) is 0 Å². The first-order valence-electron chi connectivity index (χ1n) is 14.5. The molecule has 3 aromatic carbocycles. The van der Waals surface area contributed by atoms with Gasteiger partial charge in [0.05, 0.1) is 10.6 Å². The van der Waals surface area contributed by atoms with E-state index in [4.69, 9.17) is 0 Å². The molecular weight excluding hydrogens is 534 g/mol. The summed E-state index contributed by atoms with van der Waals surface area (Å²) < 4.78 is 29.1. The maximum Gasteiger partial charge on any atom is 0.264 e. The van der Waals surface area contributed by atoms with Crippen LogP contribution in [0.15, 0.2) is 83.8 Å². The van der Waals surface area contributed by atoms with Crippen LogP contribution in [0.4, 0.5) is 5.69 Å². The Morgan fingerprint density at radius 1 is 0.854 bits per heavy atom. The first-order chi connectivity index (χ1) is 19.7. The van der Waals surface area contributed by atoms with Crippen molar-refractivity contribution in [3.63, 3.8) is 0 Å². The Bertz CT molecular complexity index is 1440. The second-order valence-corrected chi connectivity index (χ2v) is 12.7. The smallest absolute Gasteiger partial charge is 0.264 e. The summed E-state index contributed by atoms with van der Waals surface area (Å²) in [5.74, 6) is -0.614. The van der Waals surface area contributed by atoms with E-state index in [0.717, 1.165) is 42.4 Å². The lowest BCUT2D eigenvalue weighted by Gasteiger charge is -2.35. The monoisotopic (exact) mass is 575 g/mol. The molecule has 4 rings (SSSR count). The molecule has 0 bridgehead atoms. The Morgan fingerprint density at radius 2 is 1.46 bits per heavy atom. The minimum atomic E-state index is -4.08. The Kier molecular flexibility index (Phi) is 10.2. The van der Waals surface area contributed by atoms with Crippen LogP contribution in [0.1, 0.15) is 62.1 Å². The molecule has 41 heavy (non-hydrogen) atoms. The molecule has 1 N–H and O–H groups in total. The molecule has 0 aliphatic heterocycles. The first-order valence-corrected chi connectivity index (χ1v) is 15.9. The third-order valence-corrected chi connectivity index (χ3v) is 9.71. The summed E-state index contributed by atoms with van der Waals surface area (Å²) in [6.45, 7) is 5.46. The van der Waals surface area contributed by atoms with Gasteiger partial charge in [-0.05, 0) is 68.0 Å². The lowest BCUT2D eigenvalue weighted by molar-refractivity contribution is -0.140. The van der Waals surface area contributed by atoms with Gasteiger partial charge in [-0.1, -0.05) is 86.8 Å². The van der Waals surface area contributed by atoms with E-state index in [2.05, 4.69) is 5.32 Å². The van der Waals surface area contributed by atoms with Crippen LogP contribution in [0.2, 0.25) is 0 Å². The quantitative estimate of drug-likeness (QED) is 0.315. The van der Waals surface area contributed by atoms with Gasteiger partial charge in [0.25, 0.3) is 10.0 Å². The second-order valence-electron chi connectivity index (χ2n) is 10.8. The van der Waals surface area contributed by atoms with Crippen molar-refractivity contribution in [1.29, 1.82) is 0 Å². The van der Waals surface area contributed by atoms with Crippen LogP contribution in [0, 0.1) is 13.8 Å². The van der Waals surface area contributed by atoms with E-state index in [1.165, 1.54) is 22.9 Å². The van der Waals surface area contributed by atoms with Crippen LogP contribution in [-0.2, 0) is 26.2 Å². The molecule has 0 spiro atoms. The van der Waals surface area contributed by atoms with Crippen molar-refractivity contribution in [3.05, 3.63) is 95.6 Å². The SMILES string of the molecule is CCC(C(=O)NC1CCCCC1)N(Cc1ccccc1C)C(=O)CN(c1ccccc1C)S(=O)(=O)c1ccccc1. The summed E-state index contributed by atoms with van der Waals surface area (Å²) in [5, 5.41) is 3.19. The average Bonchev–Trinajstić information content (AvgIpc) is 2.98. The maximum absolute atomic E-state index is 14.3. The van der Waals surface area contributed by atoms with E-state index in [-0.39, 0.29) is 23.4 Å². The molecule has 1 saturated carbocycles. The van der Waals surface area contributed by atoms with Gasteiger partial charge < -0.3 is 10.2 Å². The van der Waals surface area contributed by atoms with Crippen molar-refractivity contribution in [2.24, 2.45) is 0 Å². The predicted molar refractivity (Wildman–Crippen MR) is 163 cm³/mol. The number of sulfonamides is 1. The average molecular weight is 576 g/mol. The van der Waals surface area contributed by atoms with E-state index in [0.29, 0.717) is 12.1 Å². The molecule has 218 valence electrons. The van der Waals surface area contributed by atoms with Crippen molar-refractivity contribution in [3.8, 4) is 0 Å². The number of carbonyl (C=O) groups excluding carboxylic acids is 2. The van der Waals surface area contributed by atoms with Gasteiger partial charge in [-0.3, -0.25) is 13.9 Å². The zero-order valence-electron chi connectivity index (χ0n) is 24.3. The minimum Gasteiger partial charge on any atom is -0.352 e. The number of hydrogen-bond acceptors (Lipinski definition) is 4. The van der Waals surface area contributed by atoms with E-state index in [1.807, 2.05) is 57.2 Å². The Labute approximate surface area is 244 Å². The number of nitrogens with zero attached hydrogens (tertiary/aromatic N) is 2. The van der Waals surface area contributed by atoms with Gasteiger partial charge >= 0.3 is 0 Å². The van der Waals surface area contributed by atoms with Crippen LogP contribution < -0.4 is 9.62 Å². The second kappa shape index (κ2) is 13.8. The van der Waals surface area contributed by atoms with Crippen molar-refractivity contribution >= 4 is 27.5 Å². The molecule has 8 heteroatoms. The molecule has 3 aromatic rings. The molecule has 7 nitrogen and oxygen atoms in total. The normalized spacial score (nSPS) is 14.7. The Hall–Kier alpha value is -3.65. The summed E-state index contributed by atoms with van der Waals surface area (Å²) in [5.41, 5.74) is 3.08. The molecule has 2 amide bonds. The third kappa shape index (κ3) is 7.36. The number of rotatable bonds is 11. The first kappa shape index (κ1) is 30.3. The third-order valence-electron chi connectivity index (χ3n) is 7.93. The number of para-hydroxylation sites is 1. The predicted octanol–water partition coefficient (Wildman–Crippen LogP) is 5.76. The van der Waals surface area contributed by atoms with Crippen molar-refractivity contribution in [2.75, 3.05) is 10.8 Å². The number of aryl methyl sites for hydroxylation is 2. The van der Waals surface area contributed by atoms with Gasteiger partial charge in [-0.15, -0.1) is 0 Å². The summed E-state index contributed by atoms with van der Waals surface area (Å²) in [7, 11) is -4.08. The van der Waals surface area contributed by atoms with E-state index in [1.54, 1.807) is 35.2 Å². The molecule has 1 atom stereocenters. The van der Waals surface area contributed by atoms with Gasteiger partial charge in [-0.25, -0.2) is 8.42 Å². The fourth-order valence-electron chi connectivity index (χ4n) is 5.51. The van der Waals surface area contributed by atoms with Gasteiger partial charge in [0.15, 0.2) is 0 Å². The largest absolute Gasteiger partial charge is 0.352 e. The number of nitrogens with one attached hydrogen (secondary N) is 1. The van der Waals surface area contributed by atoms with Crippen molar-refractivity contribution in [1.82, 2.24) is 10.2 Å². The Morgan fingerprint density at radius 3 is 2.10 bits per heavy atom. The van der Waals surface area contributed by atoms with E-state index >= 15 is 0 Å². The summed E-state index contributed by atoms with van der Waals surface area (Å²) >= 11 is 0. The van der Waals surface area contributed by atoms with Crippen LogP contribution >= 0.6 is 0 Å². The molecule has 1 unspecified atom stereocenters. The van der Waals surface area contributed by atoms with Crippen LogP contribution in [0.3, 0.4) is 0 Å². The highest BCUT2D eigenvalue weighted by Gasteiger charge is 2.35. The number of anilines is 1. The number of benzene rings is 3. The van der Waals surface area contributed by atoms with Crippen LogP contribution in [0.5, 0.6) is 0 Å². The van der Waals surface area contributed by atoms with Gasteiger partial charge in [0.2, 0.25) is 11.8 Å². The van der Waals surface area contributed by atoms with Crippen molar-refractivity contribution < 1.29 is 18.0 Å². The summed E-state index contributed by atoms with van der Waals surface area (Å²) in [4.78, 5) is 29.6. The van der Waals surface area contributed by atoms with Crippen molar-refractivity contribution in [2.45, 2.75) is 82.8 Å². The molecule has 1 fully saturated rings. The molecule has 1 aliphatic rings. The summed E-state index contributed by atoms with van der Waals surface area (Å²) in [6, 6.07) is 22.4. The lowest BCUT2D eigenvalue weighted by Crippen LogP contribution is -2.54. The molecule has 0 saturated heterocycles. The number of amides is 2.